The Morgan fingerprint density at radius 1 is 0.980 bits per heavy atom. The standard InChI is InChI=1S/C33H31BrClN5O10S/c1-17-8-10-22(11-9-17)51(44,45)40-14-21(26-23(34)6-5-7-24(26)40)12-13-46-33-37-30(35)27-31(38-33)39(16-36-27)32-29(49-20(4)43)28(48-19(3)42)25(50-32)15-47-18(2)41/h5-11,14,16,25,28-29,32H,12-13,15H2,1-4H3/t25-,28-,29-,32-/m1/s1. The molecule has 3 aromatic heterocycles. The molecule has 4 atom stereocenters. The second-order valence-electron chi connectivity index (χ2n) is 11.6. The molecule has 0 amide bonds. The molecule has 1 aliphatic heterocycles. The molecular weight excluding hydrogens is 774 g/mol. The van der Waals surface area contributed by atoms with Crippen LogP contribution in [0.3, 0.4) is 0 Å². The van der Waals surface area contributed by atoms with Crippen LogP contribution in [0.1, 0.15) is 38.1 Å². The van der Waals surface area contributed by atoms with E-state index in [1.807, 2.05) is 13.0 Å². The molecule has 5 aromatic rings. The number of esters is 3. The van der Waals surface area contributed by atoms with Gasteiger partial charge in [0.1, 0.15) is 18.2 Å². The number of rotatable bonds is 11. The second kappa shape index (κ2) is 14.6. The van der Waals surface area contributed by atoms with Gasteiger partial charge in [-0.05, 0) is 36.8 Å². The quantitative estimate of drug-likeness (QED) is 0.102. The van der Waals surface area contributed by atoms with E-state index in [0.717, 1.165) is 5.56 Å². The minimum atomic E-state index is -3.92. The Hall–Kier alpha value is -4.58. The van der Waals surface area contributed by atoms with Crippen LogP contribution in [0.2, 0.25) is 5.15 Å². The Morgan fingerprint density at radius 2 is 1.69 bits per heavy atom. The predicted octanol–water partition coefficient (Wildman–Crippen LogP) is 4.69. The van der Waals surface area contributed by atoms with Crippen molar-refractivity contribution in [3.63, 3.8) is 0 Å². The van der Waals surface area contributed by atoms with Crippen molar-refractivity contribution in [2.75, 3.05) is 13.2 Å². The van der Waals surface area contributed by atoms with Crippen LogP contribution in [0.15, 0.2) is 64.4 Å². The third kappa shape index (κ3) is 7.42. The van der Waals surface area contributed by atoms with Crippen LogP contribution in [0.4, 0.5) is 0 Å². The number of halogens is 2. The van der Waals surface area contributed by atoms with Crippen molar-refractivity contribution >= 4 is 77.5 Å². The zero-order valence-electron chi connectivity index (χ0n) is 27.6. The van der Waals surface area contributed by atoms with Gasteiger partial charge in [0.05, 0.1) is 23.3 Å². The monoisotopic (exact) mass is 803 g/mol. The first-order valence-electron chi connectivity index (χ1n) is 15.5. The van der Waals surface area contributed by atoms with E-state index < -0.39 is 52.5 Å². The van der Waals surface area contributed by atoms with Crippen molar-refractivity contribution in [2.24, 2.45) is 0 Å². The van der Waals surface area contributed by atoms with Gasteiger partial charge in [-0.2, -0.15) is 9.97 Å². The largest absolute Gasteiger partial charge is 0.463 e. The lowest BCUT2D eigenvalue weighted by molar-refractivity contribution is -0.166. The van der Waals surface area contributed by atoms with E-state index in [1.54, 1.807) is 42.6 Å². The van der Waals surface area contributed by atoms with E-state index in [0.29, 0.717) is 20.9 Å². The molecule has 1 aliphatic rings. The Morgan fingerprint density at radius 3 is 2.37 bits per heavy atom. The molecule has 18 heteroatoms. The van der Waals surface area contributed by atoms with Crippen LogP contribution >= 0.6 is 27.5 Å². The first-order chi connectivity index (χ1) is 24.2. The van der Waals surface area contributed by atoms with Gasteiger partial charge in [0.2, 0.25) is 0 Å². The molecule has 0 aliphatic carbocycles. The van der Waals surface area contributed by atoms with E-state index in [4.69, 9.17) is 35.3 Å². The van der Waals surface area contributed by atoms with E-state index in [9.17, 15) is 22.8 Å². The number of benzene rings is 2. The fourth-order valence-electron chi connectivity index (χ4n) is 5.79. The minimum absolute atomic E-state index is 0.0238. The maximum Gasteiger partial charge on any atom is 0.319 e. The summed E-state index contributed by atoms with van der Waals surface area (Å²) in [6, 6.07) is 11.8. The van der Waals surface area contributed by atoms with Crippen LogP contribution in [-0.2, 0) is 49.8 Å². The number of ether oxygens (including phenoxy) is 5. The molecule has 1 saturated heterocycles. The van der Waals surface area contributed by atoms with Gasteiger partial charge in [-0.1, -0.05) is 51.3 Å². The second-order valence-corrected chi connectivity index (χ2v) is 14.7. The topological polar surface area (TPSA) is 180 Å². The summed E-state index contributed by atoms with van der Waals surface area (Å²) >= 11 is 10.1. The highest BCUT2D eigenvalue weighted by atomic mass is 79.9. The molecule has 0 radical (unpaired) electrons. The summed E-state index contributed by atoms with van der Waals surface area (Å²) in [5.41, 5.74) is 2.43. The molecule has 0 N–H and O–H groups in total. The lowest BCUT2D eigenvalue weighted by Gasteiger charge is -2.23. The van der Waals surface area contributed by atoms with Crippen molar-refractivity contribution in [3.05, 3.63) is 75.7 Å². The smallest absolute Gasteiger partial charge is 0.319 e. The molecule has 0 spiro atoms. The first-order valence-corrected chi connectivity index (χ1v) is 18.1. The number of nitrogens with zero attached hydrogens (tertiary/aromatic N) is 5. The van der Waals surface area contributed by atoms with E-state index in [2.05, 4.69) is 30.9 Å². The minimum Gasteiger partial charge on any atom is -0.463 e. The molecule has 2 aromatic carbocycles. The average Bonchev–Trinajstić information content (AvgIpc) is 3.75. The van der Waals surface area contributed by atoms with Crippen molar-refractivity contribution in [1.29, 1.82) is 0 Å². The molecule has 0 bridgehead atoms. The number of hydrogen-bond donors (Lipinski definition) is 0. The van der Waals surface area contributed by atoms with Gasteiger partial charge in [0.25, 0.3) is 10.0 Å². The zero-order chi connectivity index (χ0) is 36.6. The van der Waals surface area contributed by atoms with Crippen molar-refractivity contribution in [3.8, 4) is 6.01 Å². The Balaban J connectivity index is 1.29. The third-order valence-corrected chi connectivity index (χ3v) is 10.6. The average molecular weight is 805 g/mol. The number of carbonyl (C=O) groups excluding carboxylic acids is 3. The van der Waals surface area contributed by atoms with Crippen molar-refractivity contribution in [1.82, 2.24) is 23.5 Å². The molecule has 0 saturated carbocycles. The van der Waals surface area contributed by atoms with Crippen molar-refractivity contribution < 1.29 is 46.5 Å². The summed E-state index contributed by atoms with van der Waals surface area (Å²) in [5.74, 6) is -1.94. The number of imidazole rings is 1. The van der Waals surface area contributed by atoms with Crippen LogP contribution in [0, 0.1) is 6.92 Å². The number of aromatic nitrogens is 5. The van der Waals surface area contributed by atoms with Crippen LogP contribution in [0.25, 0.3) is 22.1 Å². The first kappa shape index (κ1) is 36.2. The molecule has 4 heterocycles. The van der Waals surface area contributed by atoms with E-state index >= 15 is 0 Å². The van der Waals surface area contributed by atoms with Crippen molar-refractivity contribution in [2.45, 2.75) is 63.6 Å². The SMILES string of the molecule is CC(=O)OC[C@H]1O[C@@H](n2cnc3c(Cl)nc(OCCc4cn(S(=O)(=O)c5ccc(C)cc5)c5cccc(Br)c45)nc32)[C@H](OC(C)=O)[C@@H]1OC(C)=O. The number of carbonyl (C=O) groups is 3. The highest BCUT2D eigenvalue weighted by Crippen LogP contribution is 2.37. The summed E-state index contributed by atoms with van der Waals surface area (Å²) < 4.78 is 58.9. The van der Waals surface area contributed by atoms with Gasteiger partial charge in [0, 0.05) is 43.2 Å². The maximum atomic E-state index is 13.7. The lowest BCUT2D eigenvalue weighted by atomic mass is 10.1. The molecule has 15 nitrogen and oxygen atoms in total. The molecule has 6 rings (SSSR count). The van der Waals surface area contributed by atoms with Gasteiger partial charge < -0.3 is 23.7 Å². The number of aryl methyl sites for hydroxylation is 1. The number of fused-ring (bicyclic) bond motifs is 2. The molecule has 51 heavy (non-hydrogen) atoms. The molecule has 0 unspecified atom stereocenters. The van der Waals surface area contributed by atoms with Crippen LogP contribution in [-0.4, -0.2) is 81.3 Å². The maximum absolute atomic E-state index is 13.7. The molecule has 1 fully saturated rings. The summed E-state index contributed by atoms with van der Waals surface area (Å²) in [6.07, 6.45) is -1.30. The lowest BCUT2D eigenvalue weighted by Crippen LogP contribution is -2.40. The third-order valence-electron chi connectivity index (χ3n) is 7.98. The zero-order valence-corrected chi connectivity index (χ0v) is 30.8. The Bertz CT molecular complexity index is 2260. The van der Waals surface area contributed by atoms with E-state index in [1.165, 1.54) is 35.6 Å². The predicted molar refractivity (Wildman–Crippen MR) is 185 cm³/mol. The highest BCUT2D eigenvalue weighted by Gasteiger charge is 2.51. The summed E-state index contributed by atoms with van der Waals surface area (Å²) in [4.78, 5) is 48.9. The van der Waals surface area contributed by atoms with Gasteiger partial charge in [-0.3, -0.25) is 19.0 Å². The molecular formula is C33H31BrClN5O10S. The van der Waals surface area contributed by atoms with Gasteiger partial charge in [0.15, 0.2) is 29.2 Å². The van der Waals surface area contributed by atoms with Gasteiger partial charge >= 0.3 is 23.9 Å². The molecule has 268 valence electrons. The van der Waals surface area contributed by atoms with Crippen LogP contribution in [0.5, 0.6) is 6.01 Å². The Kier molecular flexibility index (Phi) is 10.3. The highest BCUT2D eigenvalue weighted by molar-refractivity contribution is 9.10. The van der Waals surface area contributed by atoms with E-state index in [-0.39, 0.29) is 46.9 Å². The summed E-state index contributed by atoms with van der Waals surface area (Å²) in [7, 11) is -3.92. The van der Waals surface area contributed by atoms with Gasteiger partial charge in [-0.15, -0.1) is 0 Å². The number of hydrogen-bond acceptors (Lipinski definition) is 13. The summed E-state index contributed by atoms with van der Waals surface area (Å²) in [6.45, 7) is 5.19. The fourth-order valence-corrected chi connectivity index (χ4v) is 7.99. The summed E-state index contributed by atoms with van der Waals surface area (Å²) in [5, 5.41) is 0.650. The Labute approximate surface area is 304 Å². The fraction of sp³-hybridized carbons (Fsp3) is 0.333. The van der Waals surface area contributed by atoms with Gasteiger partial charge in [-0.25, -0.2) is 17.4 Å². The van der Waals surface area contributed by atoms with Crippen LogP contribution < -0.4 is 4.74 Å². The normalized spacial score (nSPS) is 18.9.